The van der Waals surface area contributed by atoms with Crippen molar-refractivity contribution in [3.05, 3.63) is 68.6 Å². The lowest BCUT2D eigenvalue weighted by molar-refractivity contribution is 0.0191. The van der Waals surface area contributed by atoms with Crippen molar-refractivity contribution in [1.82, 2.24) is 15.1 Å². The van der Waals surface area contributed by atoms with Gasteiger partial charge in [0.15, 0.2) is 0 Å². The summed E-state index contributed by atoms with van der Waals surface area (Å²) in [6, 6.07) is 16.3. The molecule has 2 aliphatic heterocycles. The van der Waals surface area contributed by atoms with E-state index >= 15 is 0 Å². The van der Waals surface area contributed by atoms with Crippen LogP contribution in [0.1, 0.15) is 83.1 Å². The number of carbonyl (C=O) groups is 3. The second kappa shape index (κ2) is 18.6. The van der Waals surface area contributed by atoms with E-state index < -0.39 is 11.2 Å². The Morgan fingerprint density at radius 1 is 0.778 bits per heavy atom. The largest absolute Gasteiger partial charge is 0.444 e. The van der Waals surface area contributed by atoms with E-state index in [0.717, 1.165) is 73.6 Å². The van der Waals surface area contributed by atoms with Gasteiger partial charge in [0, 0.05) is 59.3 Å². The summed E-state index contributed by atoms with van der Waals surface area (Å²) in [6.07, 6.45) is 4.10. The van der Waals surface area contributed by atoms with E-state index in [2.05, 4.69) is 61.4 Å². The summed E-state index contributed by atoms with van der Waals surface area (Å²) in [5.74, 6) is 0. The van der Waals surface area contributed by atoms with Gasteiger partial charge in [0.2, 0.25) is 0 Å². The third kappa shape index (κ3) is 16.6. The van der Waals surface area contributed by atoms with Crippen molar-refractivity contribution in [2.24, 2.45) is 5.73 Å². The molecule has 0 aromatic heterocycles. The van der Waals surface area contributed by atoms with Gasteiger partial charge in [-0.1, -0.05) is 56.1 Å². The van der Waals surface area contributed by atoms with Crippen LogP contribution in [0.4, 0.5) is 9.59 Å². The van der Waals surface area contributed by atoms with E-state index in [1.54, 1.807) is 17.0 Å². The van der Waals surface area contributed by atoms with Crippen LogP contribution in [-0.2, 0) is 16.0 Å². The number of hydrogen-bond acceptors (Lipinski definition) is 7. The Hall–Kier alpha value is -2.47. The molecule has 0 unspecified atom stereocenters. The van der Waals surface area contributed by atoms with Gasteiger partial charge in [-0.3, -0.25) is 4.79 Å². The maximum atomic E-state index is 12.0. The first-order valence-electron chi connectivity index (χ1n) is 15.4. The smallest absolute Gasteiger partial charge is 0.410 e. The standard InChI is InChI=1S/C17H25BrN2O2.C10H20N2O2.C7H5BrO/c1-17(2,3)22-16(21)20-10-8-15(9-11-20)19-12-13-4-6-14(18)7-5-13;1-10(2,3)14-9(13)12-6-4-8(11)5-7-12;8-7-3-1-6(5-9)2-4-7/h4-7,15,19H,8-12H2,1-3H3;8H,4-7,11H2,1-3H3;1-5H. The van der Waals surface area contributed by atoms with Crippen molar-refractivity contribution in [2.45, 2.75) is 97.1 Å². The topological polar surface area (TPSA) is 114 Å². The highest BCUT2D eigenvalue weighted by Gasteiger charge is 2.27. The first kappa shape index (κ1) is 38.7. The second-order valence-electron chi connectivity index (χ2n) is 13.2. The molecule has 0 spiro atoms. The van der Waals surface area contributed by atoms with E-state index in [9.17, 15) is 14.4 Å². The molecule has 11 heteroatoms. The van der Waals surface area contributed by atoms with Crippen LogP contribution in [0, 0.1) is 0 Å². The number of carbonyl (C=O) groups excluding carboxylic acids is 3. The summed E-state index contributed by atoms with van der Waals surface area (Å²) in [4.78, 5) is 37.2. The zero-order valence-electron chi connectivity index (χ0n) is 27.5. The Balaban J connectivity index is 0.000000261. The zero-order chi connectivity index (χ0) is 33.6. The number of hydrogen-bond donors (Lipinski definition) is 2. The molecular weight excluding hydrogens is 704 g/mol. The SMILES string of the molecule is CC(C)(C)OC(=O)N1CCC(N)CC1.CC(C)(C)OC(=O)N1CCC(NCc2ccc(Br)cc2)CC1.O=Cc1ccc(Br)cc1. The minimum atomic E-state index is -0.423. The average molecular weight is 755 g/mol. The normalized spacial score (nSPS) is 16.0. The molecule has 0 bridgehead atoms. The van der Waals surface area contributed by atoms with E-state index in [1.165, 1.54) is 5.56 Å². The van der Waals surface area contributed by atoms with Crippen LogP contribution in [0.2, 0.25) is 0 Å². The molecule has 0 saturated carbocycles. The van der Waals surface area contributed by atoms with Crippen LogP contribution in [0.5, 0.6) is 0 Å². The summed E-state index contributed by atoms with van der Waals surface area (Å²) in [7, 11) is 0. The van der Waals surface area contributed by atoms with Crippen LogP contribution in [0.3, 0.4) is 0 Å². The van der Waals surface area contributed by atoms with Crippen molar-refractivity contribution in [1.29, 1.82) is 0 Å². The number of nitrogens with one attached hydrogen (secondary N) is 1. The van der Waals surface area contributed by atoms with Gasteiger partial charge >= 0.3 is 12.2 Å². The molecular formula is C34H50Br2N4O5. The van der Waals surface area contributed by atoms with Gasteiger partial charge in [0.05, 0.1) is 0 Å². The zero-order valence-corrected chi connectivity index (χ0v) is 30.7. The molecule has 2 fully saturated rings. The quantitative estimate of drug-likeness (QED) is 0.310. The Labute approximate surface area is 285 Å². The number of nitrogens with two attached hydrogens (primary N) is 1. The van der Waals surface area contributed by atoms with E-state index in [1.807, 2.05) is 58.6 Å². The molecule has 250 valence electrons. The van der Waals surface area contributed by atoms with Gasteiger partial charge in [-0.05, 0) is 97.1 Å². The van der Waals surface area contributed by atoms with Crippen LogP contribution < -0.4 is 11.1 Å². The number of piperidine rings is 2. The summed E-state index contributed by atoms with van der Waals surface area (Å²) in [5.41, 5.74) is 6.90. The summed E-state index contributed by atoms with van der Waals surface area (Å²) in [6.45, 7) is 15.1. The highest BCUT2D eigenvalue weighted by Crippen LogP contribution is 2.17. The molecule has 3 N–H and O–H groups in total. The van der Waals surface area contributed by atoms with Crippen LogP contribution in [-0.4, -0.2) is 77.7 Å². The van der Waals surface area contributed by atoms with Gasteiger partial charge in [0.1, 0.15) is 17.5 Å². The molecule has 2 heterocycles. The van der Waals surface area contributed by atoms with E-state index in [0.29, 0.717) is 11.6 Å². The van der Waals surface area contributed by atoms with Crippen molar-refractivity contribution in [2.75, 3.05) is 26.2 Å². The fourth-order valence-electron chi connectivity index (χ4n) is 4.41. The third-order valence-corrected chi connectivity index (χ3v) is 7.91. The van der Waals surface area contributed by atoms with Gasteiger partial charge in [-0.2, -0.15) is 0 Å². The number of rotatable bonds is 4. The van der Waals surface area contributed by atoms with Gasteiger partial charge in [-0.15, -0.1) is 0 Å². The molecule has 2 aromatic carbocycles. The predicted molar refractivity (Wildman–Crippen MR) is 186 cm³/mol. The predicted octanol–water partition coefficient (Wildman–Crippen LogP) is 7.54. The van der Waals surface area contributed by atoms with Crippen LogP contribution in [0.15, 0.2) is 57.5 Å². The number of aldehydes is 1. The lowest BCUT2D eigenvalue weighted by atomic mass is 10.0. The van der Waals surface area contributed by atoms with Crippen LogP contribution in [0.25, 0.3) is 0 Å². The number of amides is 2. The van der Waals surface area contributed by atoms with Crippen molar-refractivity contribution >= 4 is 50.3 Å². The highest BCUT2D eigenvalue weighted by molar-refractivity contribution is 9.10. The number of nitrogens with zero attached hydrogens (tertiary/aromatic N) is 2. The average Bonchev–Trinajstić information content (AvgIpc) is 2.97. The molecule has 2 aliphatic rings. The van der Waals surface area contributed by atoms with Crippen LogP contribution >= 0.6 is 31.9 Å². The lowest BCUT2D eigenvalue weighted by Gasteiger charge is -2.33. The minimum absolute atomic E-state index is 0.196. The molecule has 0 radical (unpaired) electrons. The first-order valence-corrected chi connectivity index (χ1v) is 17.0. The van der Waals surface area contributed by atoms with Gasteiger partial charge < -0.3 is 30.3 Å². The Morgan fingerprint density at radius 3 is 1.58 bits per heavy atom. The molecule has 2 saturated heterocycles. The number of halogens is 2. The summed E-state index contributed by atoms with van der Waals surface area (Å²) >= 11 is 6.70. The number of benzene rings is 2. The Morgan fingerprint density at radius 2 is 1.18 bits per heavy atom. The van der Waals surface area contributed by atoms with Crippen molar-refractivity contribution < 1.29 is 23.9 Å². The molecule has 4 rings (SSSR count). The molecule has 2 aromatic rings. The third-order valence-electron chi connectivity index (χ3n) is 6.85. The fraction of sp³-hybridized carbons (Fsp3) is 0.559. The maximum absolute atomic E-state index is 12.0. The Bertz CT molecular complexity index is 1180. The maximum Gasteiger partial charge on any atom is 0.410 e. The van der Waals surface area contributed by atoms with Crippen molar-refractivity contribution in [3.63, 3.8) is 0 Å². The lowest BCUT2D eigenvalue weighted by Crippen LogP contribution is -2.46. The molecule has 9 nitrogen and oxygen atoms in total. The fourth-order valence-corrected chi connectivity index (χ4v) is 4.94. The Kier molecular flexibility index (Phi) is 16.0. The highest BCUT2D eigenvalue weighted by atomic mass is 79.9. The van der Waals surface area contributed by atoms with E-state index in [-0.39, 0.29) is 18.2 Å². The second-order valence-corrected chi connectivity index (χ2v) is 15.1. The summed E-state index contributed by atoms with van der Waals surface area (Å²) < 4.78 is 12.8. The monoisotopic (exact) mass is 752 g/mol. The first-order chi connectivity index (χ1) is 21.0. The van der Waals surface area contributed by atoms with Gasteiger partial charge in [0.25, 0.3) is 0 Å². The minimum Gasteiger partial charge on any atom is -0.444 e. The molecule has 0 aliphatic carbocycles. The van der Waals surface area contributed by atoms with Crippen molar-refractivity contribution in [3.8, 4) is 0 Å². The molecule has 0 atom stereocenters. The number of ether oxygens (including phenoxy) is 2. The molecule has 2 amide bonds. The van der Waals surface area contributed by atoms with Gasteiger partial charge in [-0.25, -0.2) is 9.59 Å². The number of likely N-dealkylation sites (tertiary alicyclic amines) is 2. The van der Waals surface area contributed by atoms with E-state index in [4.69, 9.17) is 15.2 Å². The molecule has 45 heavy (non-hydrogen) atoms. The summed E-state index contributed by atoms with van der Waals surface area (Å²) in [5, 5.41) is 3.57.